The number of aliphatic hydroxyl groups is 2. The summed E-state index contributed by atoms with van der Waals surface area (Å²) in [5.74, 6) is -2.65. The molecule has 0 aliphatic heterocycles. The van der Waals surface area contributed by atoms with Gasteiger partial charge in [0, 0.05) is 13.3 Å². The zero-order valence-corrected chi connectivity index (χ0v) is 16.3. The summed E-state index contributed by atoms with van der Waals surface area (Å²) < 4.78 is 0. The summed E-state index contributed by atoms with van der Waals surface area (Å²) in [4.78, 5) is 11.0. The molecule has 3 heteroatoms. The maximum Gasteiger partial charge on any atom is 0.223 e. The molecule has 0 aliphatic rings. The van der Waals surface area contributed by atoms with Crippen molar-refractivity contribution in [2.75, 3.05) is 0 Å². The predicted molar refractivity (Wildman–Crippen MR) is 102 cm³/mol. The molecule has 3 nitrogen and oxygen atoms in total. The number of carbonyl (C=O) groups excluding carboxylic acids is 1. The van der Waals surface area contributed by atoms with Crippen LogP contribution < -0.4 is 0 Å². The van der Waals surface area contributed by atoms with Crippen LogP contribution in [0.1, 0.15) is 123 Å². The van der Waals surface area contributed by atoms with Crippen molar-refractivity contribution < 1.29 is 15.0 Å². The van der Waals surface area contributed by atoms with Crippen molar-refractivity contribution in [1.29, 1.82) is 0 Å². The Bertz CT molecular complexity index is 287. The van der Waals surface area contributed by atoms with Gasteiger partial charge in [-0.2, -0.15) is 0 Å². The van der Waals surface area contributed by atoms with Crippen molar-refractivity contribution in [1.82, 2.24) is 0 Å². The zero-order chi connectivity index (χ0) is 18.1. The maximum atomic E-state index is 11.0. The van der Waals surface area contributed by atoms with Gasteiger partial charge in [-0.3, -0.25) is 4.79 Å². The van der Waals surface area contributed by atoms with Gasteiger partial charge >= 0.3 is 0 Å². The highest BCUT2D eigenvalue weighted by molar-refractivity contribution is 5.82. The van der Waals surface area contributed by atoms with E-state index in [1.807, 2.05) is 0 Å². The molecule has 0 atom stereocenters. The fourth-order valence-electron chi connectivity index (χ4n) is 3.10. The van der Waals surface area contributed by atoms with Gasteiger partial charge in [0.05, 0.1) is 0 Å². The minimum absolute atomic E-state index is 0.167. The Morgan fingerprint density at radius 3 is 1.21 bits per heavy atom. The first kappa shape index (κ1) is 23.6. The van der Waals surface area contributed by atoms with Crippen LogP contribution in [0, 0.1) is 0 Å². The molecule has 0 unspecified atom stereocenters. The highest BCUT2D eigenvalue weighted by atomic mass is 16.5. The van der Waals surface area contributed by atoms with Crippen LogP contribution in [-0.2, 0) is 4.79 Å². The molecule has 0 amide bonds. The SMILES string of the molecule is CCCCCCCCCCCCCCCCCCC(O)(O)C(C)=O. The summed E-state index contributed by atoms with van der Waals surface area (Å²) in [7, 11) is 0. The van der Waals surface area contributed by atoms with Crippen molar-refractivity contribution in [2.24, 2.45) is 0 Å². The molecule has 0 bridgehead atoms. The predicted octanol–water partition coefficient (Wildman–Crippen LogP) is 5.91. The van der Waals surface area contributed by atoms with Crippen LogP contribution in [0.4, 0.5) is 0 Å². The largest absolute Gasteiger partial charge is 0.360 e. The van der Waals surface area contributed by atoms with Gasteiger partial charge in [-0.15, -0.1) is 0 Å². The van der Waals surface area contributed by atoms with E-state index < -0.39 is 11.6 Å². The normalized spacial score (nSPS) is 11.8. The van der Waals surface area contributed by atoms with E-state index >= 15 is 0 Å². The minimum Gasteiger partial charge on any atom is -0.360 e. The zero-order valence-electron chi connectivity index (χ0n) is 16.3. The Balaban J connectivity index is 3.14. The highest BCUT2D eigenvalue weighted by Crippen LogP contribution is 2.16. The summed E-state index contributed by atoms with van der Waals surface area (Å²) in [5.41, 5.74) is 0. The smallest absolute Gasteiger partial charge is 0.223 e. The number of rotatable bonds is 18. The molecule has 0 spiro atoms. The number of Topliss-reactive ketones (excluding diaryl/α,β-unsaturated/α-hetero) is 1. The van der Waals surface area contributed by atoms with Gasteiger partial charge in [-0.25, -0.2) is 0 Å². The van der Waals surface area contributed by atoms with E-state index in [1.54, 1.807) is 0 Å². The van der Waals surface area contributed by atoms with Gasteiger partial charge in [-0.05, 0) is 6.42 Å². The summed E-state index contributed by atoms with van der Waals surface area (Å²) in [6, 6.07) is 0. The van der Waals surface area contributed by atoms with E-state index in [9.17, 15) is 15.0 Å². The fourth-order valence-corrected chi connectivity index (χ4v) is 3.10. The van der Waals surface area contributed by atoms with E-state index in [0.717, 1.165) is 12.8 Å². The van der Waals surface area contributed by atoms with Crippen LogP contribution in [-0.4, -0.2) is 21.8 Å². The van der Waals surface area contributed by atoms with Crippen molar-refractivity contribution in [3.8, 4) is 0 Å². The maximum absolute atomic E-state index is 11.0. The van der Waals surface area contributed by atoms with E-state index in [1.165, 1.54) is 90.4 Å². The average molecular weight is 343 g/mol. The Morgan fingerprint density at radius 1 is 0.625 bits per heavy atom. The quantitative estimate of drug-likeness (QED) is 0.240. The lowest BCUT2D eigenvalue weighted by molar-refractivity contribution is -0.183. The average Bonchev–Trinajstić information content (AvgIpc) is 2.54. The third kappa shape index (κ3) is 15.1. The second-order valence-electron chi connectivity index (χ2n) is 7.43. The lowest BCUT2D eigenvalue weighted by Gasteiger charge is -2.17. The number of hydrogen-bond donors (Lipinski definition) is 2. The lowest BCUT2D eigenvalue weighted by atomic mass is 10.0. The van der Waals surface area contributed by atoms with Crippen LogP contribution in [0.25, 0.3) is 0 Å². The second-order valence-corrected chi connectivity index (χ2v) is 7.43. The lowest BCUT2D eigenvalue weighted by Crippen LogP contribution is -2.36. The molecule has 0 saturated carbocycles. The molecule has 0 heterocycles. The summed E-state index contributed by atoms with van der Waals surface area (Å²) in [6.45, 7) is 3.50. The fraction of sp³-hybridized carbons (Fsp3) is 0.952. The standard InChI is InChI=1S/C21H42O3/c1-3-4-5-6-7-8-9-10-11-12-13-14-15-16-17-18-19-21(23,24)20(2)22/h23-24H,3-19H2,1-2H3. The molecule has 24 heavy (non-hydrogen) atoms. The summed E-state index contributed by atoms with van der Waals surface area (Å²) in [5, 5.41) is 18.8. The summed E-state index contributed by atoms with van der Waals surface area (Å²) >= 11 is 0. The van der Waals surface area contributed by atoms with Crippen molar-refractivity contribution in [3.63, 3.8) is 0 Å². The Hall–Kier alpha value is -0.410. The van der Waals surface area contributed by atoms with Crippen molar-refractivity contribution in [3.05, 3.63) is 0 Å². The molecule has 0 fully saturated rings. The van der Waals surface area contributed by atoms with Crippen LogP contribution >= 0.6 is 0 Å². The molecular formula is C21H42O3. The Labute approximate surface area is 150 Å². The van der Waals surface area contributed by atoms with Crippen LogP contribution in [0.2, 0.25) is 0 Å². The van der Waals surface area contributed by atoms with Gasteiger partial charge in [-0.1, -0.05) is 103 Å². The summed E-state index contributed by atoms with van der Waals surface area (Å²) in [6.07, 6.45) is 20.8. The van der Waals surface area contributed by atoms with Gasteiger partial charge < -0.3 is 10.2 Å². The van der Waals surface area contributed by atoms with Crippen LogP contribution in [0.5, 0.6) is 0 Å². The highest BCUT2D eigenvalue weighted by Gasteiger charge is 2.27. The molecule has 0 aromatic rings. The number of carbonyl (C=O) groups is 1. The molecule has 144 valence electrons. The topological polar surface area (TPSA) is 57.5 Å². The molecule has 0 aromatic carbocycles. The van der Waals surface area contributed by atoms with Crippen molar-refractivity contribution >= 4 is 5.78 Å². The molecule has 2 N–H and O–H groups in total. The first-order chi connectivity index (χ1) is 11.5. The molecule has 0 aromatic heterocycles. The first-order valence-electron chi connectivity index (χ1n) is 10.5. The van der Waals surface area contributed by atoms with Gasteiger partial charge in [0.15, 0.2) is 5.78 Å². The third-order valence-electron chi connectivity index (χ3n) is 4.94. The van der Waals surface area contributed by atoms with E-state index in [4.69, 9.17) is 0 Å². The van der Waals surface area contributed by atoms with Crippen LogP contribution in [0.15, 0.2) is 0 Å². The molecule has 0 rings (SSSR count). The number of ketones is 1. The third-order valence-corrected chi connectivity index (χ3v) is 4.94. The van der Waals surface area contributed by atoms with E-state index in [0.29, 0.717) is 6.42 Å². The monoisotopic (exact) mass is 342 g/mol. The minimum atomic E-state index is -2.10. The first-order valence-corrected chi connectivity index (χ1v) is 10.5. The molecular weight excluding hydrogens is 300 g/mol. The van der Waals surface area contributed by atoms with E-state index in [2.05, 4.69) is 6.92 Å². The van der Waals surface area contributed by atoms with Gasteiger partial charge in [0.1, 0.15) is 0 Å². The number of unbranched alkanes of at least 4 members (excludes halogenated alkanes) is 15. The van der Waals surface area contributed by atoms with E-state index in [-0.39, 0.29) is 6.42 Å². The Kier molecular flexibility index (Phi) is 15.8. The molecule has 0 aliphatic carbocycles. The molecule has 0 saturated heterocycles. The van der Waals surface area contributed by atoms with Gasteiger partial charge in [0.2, 0.25) is 5.79 Å². The van der Waals surface area contributed by atoms with Gasteiger partial charge in [0.25, 0.3) is 0 Å². The Morgan fingerprint density at radius 2 is 0.917 bits per heavy atom. The van der Waals surface area contributed by atoms with Crippen LogP contribution in [0.3, 0.4) is 0 Å². The van der Waals surface area contributed by atoms with Crippen molar-refractivity contribution in [2.45, 2.75) is 129 Å². The second kappa shape index (κ2) is 16.1. The number of hydrogen-bond acceptors (Lipinski definition) is 3. The molecule has 0 radical (unpaired) electrons.